The molecule has 0 aliphatic heterocycles. The van der Waals surface area contributed by atoms with Crippen LogP contribution in [-0.2, 0) is 0 Å². The first-order valence-corrected chi connectivity index (χ1v) is 6.48. The van der Waals surface area contributed by atoms with Crippen molar-refractivity contribution < 1.29 is 10.0 Å². The first-order chi connectivity index (χ1) is 10.0. The number of anilines is 1. The summed E-state index contributed by atoms with van der Waals surface area (Å²) in [5, 5.41) is 14.3. The molecule has 0 bridgehead atoms. The van der Waals surface area contributed by atoms with Crippen molar-refractivity contribution in [3.8, 4) is 0 Å². The Hall–Kier alpha value is -2.82. The standard InChI is InChI=1S/C16H17N3O2/c1-10-3-8-14(11(2)9-10)16(20)18-13-6-4-12(5-7-13)15(17)19-21/h3-9,21H,1-2H3,(H2,17,19)(H,18,20). The van der Waals surface area contributed by atoms with E-state index in [2.05, 4.69) is 10.5 Å². The second kappa shape index (κ2) is 6.09. The van der Waals surface area contributed by atoms with Gasteiger partial charge in [0, 0.05) is 16.8 Å². The molecular formula is C16H17N3O2. The van der Waals surface area contributed by atoms with E-state index in [1.165, 1.54) is 0 Å². The Morgan fingerprint density at radius 1 is 1.14 bits per heavy atom. The second-order valence-corrected chi connectivity index (χ2v) is 4.84. The zero-order valence-electron chi connectivity index (χ0n) is 11.9. The van der Waals surface area contributed by atoms with Gasteiger partial charge in [0.2, 0.25) is 0 Å². The van der Waals surface area contributed by atoms with Crippen LogP contribution in [0.2, 0.25) is 0 Å². The van der Waals surface area contributed by atoms with Crippen molar-refractivity contribution in [2.75, 3.05) is 5.32 Å². The minimum absolute atomic E-state index is 0.0299. The number of aryl methyl sites for hydroxylation is 2. The first kappa shape index (κ1) is 14.6. The summed E-state index contributed by atoms with van der Waals surface area (Å²) < 4.78 is 0. The summed E-state index contributed by atoms with van der Waals surface area (Å²) >= 11 is 0. The molecule has 1 amide bonds. The van der Waals surface area contributed by atoms with Crippen LogP contribution in [0.1, 0.15) is 27.0 Å². The average Bonchev–Trinajstić information content (AvgIpc) is 2.47. The molecule has 0 aliphatic rings. The summed E-state index contributed by atoms with van der Waals surface area (Å²) in [6.45, 7) is 3.89. The third-order valence-corrected chi connectivity index (χ3v) is 3.17. The maximum absolute atomic E-state index is 12.2. The molecule has 2 aromatic rings. The molecule has 0 aromatic heterocycles. The number of nitrogens with two attached hydrogens (primary N) is 1. The molecule has 5 heteroatoms. The van der Waals surface area contributed by atoms with Crippen molar-refractivity contribution in [1.29, 1.82) is 0 Å². The lowest BCUT2D eigenvalue weighted by atomic mass is 10.1. The molecule has 0 aliphatic carbocycles. The molecule has 0 saturated heterocycles. The fourth-order valence-electron chi connectivity index (χ4n) is 2.05. The van der Waals surface area contributed by atoms with Gasteiger partial charge >= 0.3 is 0 Å². The number of amides is 1. The quantitative estimate of drug-likeness (QED) is 0.350. The molecule has 2 aromatic carbocycles. The first-order valence-electron chi connectivity index (χ1n) is 6.48. The molecule has 0 atom stereocenters. The Morgan fingerprint density at radius 3 is 2.38 bits per heavy atom. The predicted molar refractivity (Wildman–Crippen MR) is 82.8 cm³/mol. The largest absolute Gasteiger partial charge is 0.409 e. The molecule has 0 heterocycles. The molecule has 2 rings (SSSR count). The van der Waals surface area contributed by atoms with Gasteiger partial charge in [0.05, 0.1) is 0 Å². The molecule has 0 fully saturated rings. The molecule has 0 spiro atoms. The van der Waals surface area contributed by atoms with Gasteiger partial charge in [0.1, 0.15) is 0 Å². The SMILES string of the molecule is Cc1ccc(C(=O)Nc2ccc(/C(N)=N/O)cc2)c(C)c1. The topological polar surface area (TPSA) is 87.7 Å². The van der Waals surface area contributed by atoms with Crippen molar-refractivity contribution in [3.05, 3.63) is 64.7 Å². The predicted octanol–water partition coefficient (Wildman–Crippen LogP) is 2.65. The molecule has 5 nitrogen and oxygen atoms in total. The van der Waals surface area contributed by atoms with E-state index in [1.807, 2.05) is 32.0 Å². The highest BCUT2D eigenvalue weighted by Crippen LogP contribution is 2.15. The average molecular weight is 283 g/mol. The zero-order chi connectivity index (χ0) is 15.4. The minimum atomic E-state index is -0.163. The molecule has 21 heavy (non-hydrogen) atoms. The van der Waals surface area contributed by atoms with Crippen LogP contribution >= 0.6 is 0 Å². The molecule has 4 N–H and O–H groups in total. The van der Waals surface area contributed by atoms with Crippen LogP contribution in [0.15, 0.2) is 47.6 Å². The number of amidine groups is 1. The summed E-state index contributed by atoms with van der Waals surface area (Å²) in [6.07, 6.45) is 0. The van der Waals surface area contributed by atoms with Crippen molar-refractivity contribution in [1.82, 2.24) is 0 Å². The van der Waals surface area contributed by atoms with E-state index in [4.69, 9.17) is 10.9 Å². The van der Waals surface area contributed by atoms with Crippen LogP contribution in [0.3, 0.4) is 0 Å². The monoisotopic (exact) mass is 283 g/mol. The van der Waals surface area contributed by atoms with Crippen LogP contribution in [0, 0.1) is 13.8 Å². The number of nitrogens with one attached hydrogen (secondary N) is 1. The van der Waals surface area contributed by atoms with Crippen LogP contribution in [-0.4, -0.2) is 17.0 Å². The van der Waals surface area contributed by atoms with E-state index in [9.17, 15) is 4.79 Å². The van der Waals surface area contributed by atoms with Crippen LogP contribution in [0.4, 0.5) is 5.69 Å². The lowest BCUT2D eigenvalue weighted by molar-refractivity contribution is 0.102. The van der Waals surface area contributed by atoms with Crippen molar-refractivity contribution in [2.45, 2.75) is 13.8 Å². The Kier molecular flexibility index (Phi) is 4.23. The summed E-state index contributed by atoms with van der Waals surface area (Å²) in [5.74, 6) is -0.133. The van der Waals surface area contributed by atoms with E-state index < -0.39 is 0 Å². The molecular weight excluding hydrogens is 266 g/mol. The van der Waals surface area contributed by atoms with Gasteiger partial charge in [0.15, 0.2) is 5.84 Å². The maximum atomic E-state index is 12.2. The summed E-state index contributed by atoms with van der Waals surface area (Å²) in [5.41, 5.74) is 9.41. The van der Waals surface area contributed by atoms with Gasteiger partial charge in [-0.3, -0.25) is 4.79 Å². The van der Waals surface area contributed by atoms with Gasteiger partial charge in [-0.2, -0.15) is 0 Å². The third-order valence-electron chi connectivity index (χ3n) is 3.17. The number of hydrogen-bond donors (Lipinski definition) is 3. The molecule has 0 saturated carbocycles. The molecule has 0 unspecified atom stereocenters. The van der Waals surface area contributed by atoms with E-state index in [-0.39, 0.29) is 11.7 Å². The highest BCUT2D eigenvalue weighted by molar-refractivity contribution is 6.05. The van der Waals surface area contributed by atoms with Crippen molar-refractivity contribution in [3.63, 3.8) is 0 Å². The normalized spacial score (nSPS) is 11.2. The van der Waals surface area contributed by atoms with E-state index in [0.29, 0.717) is 16.8 Å². The smallest absolute Gasteiger partial charge is 0.255 e. The number of benzene rings is 2. The Balaban J connectivity index is 2.16. The lowest BCUT2D eigenvalue weighted by Gasteiger charge is -2.09. The fraction of sp³-hybridized carbons (Fsp3) is 0.125. The van der Waals surface area contributed by atoms with Crippen LogP contribution < -0.4 is 11.1 Å². The van der Waals surface area contributed by atoms with Gasteiger partial charge in [-0.05, 0) is 49.7 Å². The molecule has 108 valence electrons. The third kappa shape index (κ3) is 3.39. The van der Waals surface area contributed by atoms with Gasteiger partial charge in [-0.25, -0.2) is 0 Å². The highest BCUT2D eigenvalue weighted by Gasteiger charge is 2.09. The van der Waals surface area contributed by atoms with E-state index in [0.717, 1.165) is 11.1 Å². The van der Waals surface area contributed by atoms with Crippen molar-refractivity contribution in [2.24, 2.45) is 10.9 Å². The van der Waals surface area contributed by atoms with Gasteiger partial charge < -0.3 is 16.3 Å². The van der Waals surface area contributed by atoms with E-state index in [1.54, 1.807) is 24.3 Å². The number of rotatable bonds is 3. The number of carbonyl (C=O) groups is 1. The van der Waals surface area contributed by atoms with Crippen molar-refractivity contribution >= 4 is 17.4 Å². The Bertz CT molecular complexity index is 691. The van der Waals surface area contributed by atoms with Crippen LogP contribution in [0.25, 0.3) is 0 Å². The van der Waals surface area contributed by atoms with Gasteiger partial charge in [0.25, 0.3) is 5.91 Å². The zero-order valence-corrected chi connectivity index (χ0v) is 11.9. The summed E-state index contributed by atoms with van der Waals surface area (Å²) in [6, 6.07) is 12.4. The highest BCUT2D eigenvalue weighted by atomic mass is 16.4. The second-order valence-electron chi connectivity index (χ2n) is 4.84. The number of carbonyl (C=O) groups excluding carboxylic acids is 1. The van der Waals surface area contributed by atoms with E-state index >= 15 is 0 Å². The van der Waals surface area contributed by atoms with Gasteiger partial charge in [-0.15, -0.1) is 0 Å². The van der Waals surface area contributed by atoms with Gasteiger partial charge in [-0.1, -0.05) is 22.9 Å². The summed E-state index contributed by atoms with van der Waals surface area (Å²) in [7, 11) is 0. The molecule has 0 radical (unpaired) electrons. The lowest BCUT2D eigenvalue weighted by Crippen LogP contribution is -2.15. The Labute approximate surface area is 123 Å². The number of oxime groups is 1. The number of nitrogens with zero attached hydrogens (tertiary/aromatic N) is 1. The minimum Gasteiger partial charge on any atom is -0.409 e. The Morgan fingerprint density at radius 2 is 1.81 bits per heavy atom. The van der Waals surface area contributed by atoms with Crippen LogP contribution in [0.5, 0.6) is 0 Å². The summed E-state index contributed by atoms with van der Waals surface area (Å²) in [4.78, 5) is 12.2. The fourth-order valence-corrected chi connectivity index (χ4v) is 2.05. The maximum Gasteiger partial charge on any atom is 0.255 e. The number of hydrogen-bond acceptors (Lipinski definition) is 3.